The van der Waals surface area contributed by atoms with Crippen LogP contribution in [0, 0.1) is 4.77 Å². The van der Waals surface area contributed by atoms with Gasteiger partial charge in [0.1, 0.15) is 0 Å². The second kappa shape index (κ2) is 6.83. The fourth-order valence-electron chi connectivity index (χ4n) is 1.84. The highest BCUT2D eigenvalue weighted by atomic mass is 32.1. The molecule has 0 aliphatic heterocycles. The summed E-state index contributed by atoms with van der Waals surface area (Å²) in [5.41, 5.74) is 1.70. The molecule has 0 aromatic carbocycles. The highest BCUT2D eigenvalue weighted by Crippen LogP contribution is 2.16. The van der Waals surface area contributed by atoms with Gasteiger partial charge < -0.3 is 19.4 Å². The fourth-order valence-corrected chi connectivity index (χ4v) is 2.13. The van der Waals surface area contributed by atoms with Crippen LogP contribution in [-0.2, 0) is 11.3 Å². The molecule has 0 aliphatic carbocycles. The molecule has 0 saturated heterocycles. The Kier molecular flexibility index (Phi) is 5.11. The van der Waals surface area contributed by atoms with Crippen molar-refractivity contribution in [3.63, 3.8) is 0 Å². The Morgan fingerprint density at radius 3 is 2.85 bits per heavy atom. The predicted octanol–water partition coefficient (Wildman–Crippen LogP) is 1.68. The van der Waals surface area contributed by atoms with Crippen LogP contribution in [0.5, 0.6) is 5.88 Å². The Morgan fingerprint density at radius 2 is 2.15 bits per heavy atom. The van der Waals surface area contributed by atoms with Gasteiger partial charge in [-0.3, -0.25) is 4.57 Å². The molecule has 0 unspecified atom stereocenters. The number of hydrogen-bond donors (Lipinski definition) is 1. The summed E-state index contributed by atoms with van der Waals surface area (Å²) in [5, 5.41) is 0. The van der Waals surface area contributed by atoms with E-state index >= 15 is 0 Å². The van der Waals surface area contributed by atoms with E-state index in [1.807, 2.05) is 30.8 Å². The maximum atomic E-state index is 5.60. The summed E-state index contributed by atoms with van der Waals surface area (Å²) in [5.74, 6) is 0.578. The summed E-state index contributed by atoms with van der Waals surface area (Å²) in [6.45, 7) is 2.89. The van der Waals surface area contributed by atoms with E-state index in [9.17, 15) is 0 Å². The van der Waals surface area contributed by atoms with Crippen molar-refractivity contribution in [3.8, 4) is 5.88 Å². The largest absolute Gasteiger partial charge is 0.481 e. The van der Waals surface area contributed by atoms with Gasteiger partial charge in [-0.05, 0) is 32.4 Å². The third-order valence-corrected chi connectivity index (χ3v) is 3.27. The maximum absolute atomic E-state index is 5.60. The minimum atomic E-state index is 0.578. The van der Waals surface area contributed by atoms with E-state index in [0.29, 0.717) is 30.4 Å². The second-order valence-corrected chi connectivity index (χ2v) is 5.11. The molecular formula is C13H20N4O2S. The Hall–Kier alpha value is -1.44. The third kappa shape index (κ3) is 3.56. The van der Waals surface area contributed by atoms with Gasteiger partial charge in [0.25, 0.3) is 0 Å². The lowest BCUT2D eigenvalue weighted by Crippen LogP contribution is -2.19. The van der Waals surface area contributed by atoms with Crippen molar-refractivity contribution in [2.24, 2.45) is 0 Å². The monoisotopic (exact) mass is 296 g/mol. The molecule has 6 nitrogen and oxygen atoms in total. The van der Waals surface area contributed by atoms with Crippen molar-refractivity contribution in [3.05, 3.63) is 16.9 Å². The fraction of sp³-hybridized carbons (Fsp3) is 0.538. The van der Waals surface area contributed by atoms with Gasteiger partial charge in [0.15, 0.2) is 10.4 Å². The number of fused-ring (bicyclic) bond motifs is 1. The highest BCUT2D eigenvalue weighted by molar-refractivity contribution is 7.71. The lowest BCUT2D eigenvalue weighted by molar-refractivity contribution is 0.111. The number of aromatic nitrogens is 3. The molecule has 0 saturated carbocycles. The first-order chi connectivity index (χ1) is 9.61. The number of hydrogen-bond acceptors (Lipinski definition) is 5. The average molecular weight is 296 g/mol. The van der Waals surface area contributed by atoms with E-state index in [1.165, 1.54) is 0 Å². The van der Waals surface area contributed by atoms with E-state index in [0.717, 1.165) is 17.7 Å². The van der Waals surface area contributed by atoms with Gasteiger partial charge >= 0.3 is 0 Å². The number of nitrogens with one attached hydrogen (secondary N) is 1. The highest BCUT2D eigenvalue weighted by Gasteiger charge is 2.07. The van der Waals surface area contributed by atoms with Gasteiger partial charge in [-0.1, -0.05) is 0 Å². The molecule has 2 rings (SSSR count). The number of imidazole rings is 1. The first-order valence-electron chi connectivity index (χ1n) is 6.48. The van der Waals surface area contributed by atoms with E-state index in [1.54, 1.807) is 7.11 Å². The lowest BCUT2D eigenvalue weighted by Gasteiger charge is -2.10. The number of H-pyrrole nitrogens is 1. The zero-order chi connectivity index (χ0) is 14.5. The van der Waals surface area contributed by atoms with Crippen molar-refractivity contribution in [2.75, 3.05) is 41.0 Å². The average Bonchev–Trinajstić information content (AvgIpc) is 2.73. The Balaban J connectivity index is 2.05. The topological polar surface area (TPSA) is 55.3 Å². The molecule has 7 heteroatoms. The smallest absolute Gasteiger partial charge is 0.215 e. The van der Waals surface area contributed by atoms with Crippen molar-refractivity contribution in [1.82, 2.24) is 19.4 Å². The first-order valence-corrected chi connectivity index (χ1v) is 6.88. The van der Waals surface area contributed by atoms with Gasteiger partial charge in [0.2, 0.25) is 5.88 Å². The molecule has 0 aliphatic rings. The molecule has 110 valence electrons. The molecule has 0 radical (unpaired) electrons. The van der Waals surface area contributed by atoms with Crippen molar-refractivity contribution in [1.29, 1.82) is 0 Å². The van der Waals surface area contributed by atoms with Crippen LogP contribution in [0.15, 0.2) is 12.1 Å². The third-order valence-electron chi connectivity index (χ3n) is 2.94. The molecule has 2 aromatic heterocycles. The maximum Gasteiger partial charge on any atom is 0.215 e. The van der Waals surface area contributed by atoms with E-state index < -0.39 is 0 Å². The summed E-state index contributed by atoms with van der Waals surface area (Å²) in [6, 6.07) is 3.73. The minimum absolute atomic E-state index is 0.578. The quantitative estimate of drug-likeness (QED) is 0.622. The summed E-state index contributed by atoms with van der Waals surface area (Å²) in [6.07, 6.45) is 0. The van der Waals surface area contributed by atoms with Crippen LogP contribution < -0.4 is 4.74 Å². The SMILES string of the molecule is COc1ccc2[nH]c(=S)n(CCOCCN(C)C)c2n1. The molecular weight excluding hydrogens is 276 g/mol. The van der Waals surface area contributed by atoms with Crippen LogP contribution in [0.3, 0.4) is 0 Å². The standard InChI is InChI=1S/C13H20N4O2S/c1-16(2)6-8-19-9-7-17-12-10(14-13(17)20)4-5-11(15-12)18-3/h4-5H,6-9H2,1-3H3,(H,14,20). The minimum Gasteiger partial charge on any atom is -0.481 e. The molecule has 0 spiro atoms. The normalized spacial score (nSPS) is 11.4. The Bertz CT molecular complexity index is 620. The number of rotatable bonds is 7. The zero-order valence-corrected chi connectivity index (χ0v) is 12.9. The zero-order valence-electron chi connectivity index (χ0n) is 12.0. The van der Waals surface area contributed by atoms with E-state index in [-0.39, 0.29) is 0 Å². The van der Waals surface area contributed by atoms with Gasteiger partial charge in [0.05, 0.1) is 32.4 Å². The Morgan fingerprint density at radius 1 is 1.35 bits per heavy atom. The van der Waals surface area contributed by atoms with Gasteiger partial charge in [-0.15, -0.1) is 0 Å². The summed E-state index contributed by atoms with van der Waals surface area (Å²) >= 11 is 5.31. The number of ether oxygens (including phenoxy) is 2. The molecule has 0 bridgehead atoms. The number of methoxy groups -OCH3 is 1. The molecule has 1 N–H and O–H groups in total. The van der Waals surface area contributed by atoms with Crippen LogP contribution >= 0.6 is 12.2 Å². The number of pyridine rings is 1. The van der Waals surface area contributed by atoms with Crippen LogP contribution in [0.2, 0.25) is 0 Å². The van der Waals surface area contributed by atoms with Crippen LogP contribution in [0.1, 0.15) is 0 Å². The predicted molar refractivity (Wildman–Crippen MR) is 80.8 cm³/mol. The molecule has 2 heterocycles. The van der Waals surface area contributed by atoms with Crippen molar-refractivity contribution >= 4 is 23.4 Å². The molecule has 20 heavy (non-hydrogen) atoms. The van der Waals surface area contributed by atoms with Crippen molar-refractivity contribution < 1.29 is 9.47 Å². The summed E-state index contributed by atoms with van der Waals surface area (Å²) in [4.78, 5) is 9.64. The first kappa shape index (κ1) is 15.0. The van der Waals surface area contributed by atoms with Crippen LogP contribution in [0.25, 0.3) is 11.2 Å². The number of likely N-dealkylation sites (N-methyl/N-ethyl adjacent to an activating group) is 1. The molecule has 0 fully saturated rings. The van der Waals surface area contributed by atoms with Crippen LogP contribution in [0.4, 0.5) is 0 Å². The van der Waals surface area contributed by atoms with Crippen LogP contribution in [-0.4, -0.2) is 60.4 Å². The lowest BCUT2D eigenvalue weighted by atomic mass is 10.4. The number of nitrogens with zero attached hydrogens (tertiary/aromatic N) is 3. The number of aromatic amines is 1. The van der Waals surface area contributed by atoms with Crippen molar-refractivity contribution in [2.45, 2.75) is 6.54 Å². The summed E-state index contributed by atoms with van der Waals surface area (Å²) < 4.78 is 13.3. The van der Waals surface area contributed by atoms with Gasteiger partial charge in [0, 0.05) is 12.6 Å². The Labute approximate surface area is 123 Å². The molecule has 0 atom stereocenters. The van der Waals surface area contributed by atoms with E-state index in [4.69, 9.17) is 21.7 Å². The van der Waals surface area contributed by atoms with Gasteiger partial charge in [-0.2, -0.15) is 4.98 Å². The summed E-state index contributed by atoms with van der Waals surface area (Å²) in [7, 11) is 5.65. The second-order valence-electron chi connectivity index (χ2n) is 4.72. The van der Waals surface area contributed by atoms with E-state index in [2.05, 4.69) is 14.9 Å². The van der Waals surface area contributed by atoms with Gasteiger partial charge in [-0.25, -0.2) is 0 Å². The molecule has 0 amide bonds. The molecule has 2 aromatic rings.